The van der Waals surface area contributed by atoms with E-state index in [0.29, 0.717) is 30.7 Å². The van der Waals surface area contributed by atoms with Gasteiger partial charge in [-0.25, -0.2) is 5.48 Å². The van der Waals surface area contributed by atoms with Crippen molar-refractivity contribution in [3.63, 3.8) is 0 Å². The molecule has 3 rings (SSSR count). The molecule has 0 bridgehead atoms. The summed E-state index contributed by atoms with van der Waals surface area (Å²) in [5, 5.41) is 11.7. The zero-order valence-corrected chi connectivity index (χ0v) is 12.5. The monoisotopic (exact) mass is 304 g/mol. The van der Waals surface area contributed by atoms with Gasteiger partial charge in [0.15, 0.2) is 5.60 Å². The molecule has 1 fully saturated rings. The summed E-state index contributed by atoms with van der Waals surface area (Å²) in [4.78, 5) is 24.0. The van der Waals surface area contributed by atoms with Crippen molar-refractivity contribution in [2.75, 3.05) is 6.54 Å². The Morgan fingerprint density at radius 1 is 1.45 bits per heavy atom. The fraction of sp³-hybridized carbons (Fsp3) is 0.500. The second kappa shape index (κ2) is 5.61. The van der Waals surface area contributed by atoms with Crippen LogP contribution in [0.15, 0.2) is 18.2 Å². The third-order valence-corrected chi connectivity index (χ3v) is 4.68. The molecule has 1 saturated heterocycles. The first-order chi connectivity index (χ1) is 10.6. The molecular weight excluding hydrogens is 284 g/mol. The molecule has 2 heterocycles. The first-order valence-electron chi connectivity index (χ1n) is 7.61. The predicted molar refractivity (Wildman–Crippen MR) is 78.8 cm³/mol. The number of benzene rings is 1. The van der Waals surface area contributed by atoms with E-state index in [4.69, 9.17) is 9.94 Å². The Kier molecular flexibility index (Phi) is 3.78. The number of amides is 2. The molecule has 0 aliphatic carbocycles. The van der Waals surface area contributed by atoms with Crippen molar-refractivity contribution in [1.82, 2.24) is 10.8 Å². The zero-order chi connectivity index (χ0) is 15.7. The Morgan fingerprint density at radius 3 is 3.05 bits per heavy atom. The third kappa shape index (κ3) is 2.33. The normalized spacial score (nSPS) is 27.4. The highest BCUT2D eigenvalue weighted by Crippen LogP contribution is 2.41. The summed E-state index contributed by atoms with van der Waals surface area (Å²) in [6, 6.07) is 4.99. The lowest BCUT2D eigenvalue weighted by Gasteiger charge is -2.41. The predicted octanol–water partition coefficient (Wildman–Crippen LogP) is 1.42. The smallest absolute Gasteiger partial charge is 0.274 e. The number of hydrogen-bond acceptors (Lipinski definition) is 4. The molecule has 2 amide bonds. The maximum atomic E-state index is 12.5. The molecule has 1 aromatic rings. The van der Waals surface area contributed by atoms with E-state index in [1.807, 2.05) is 6.92 Å². The molecule has 22 heavy (non-hydrogen) atoms. The van der Waals surface area contributed by atoms with Gasteiger partial charge < -0.3 is 10.1 Å². The van der Waals surface area contributed by atoms with Crippen molar-refractivity contribution >= 4 is 11.8 Å². The molecule has 3 N–H and O–H groups in total. The van der Waals surface area contributed by atoms with Gasteiger partial charge in [-0.1, -0.05) is 6.92 Å². The zero-order valence-electron chi connectivity index (χ0n) is 12.5. The highest BCUT2D eigenvalue weighted by molar-refractivity contribution is 5.94. The van der Waals surface area contributed by atoms with E-state index in [9.17, 15) is 9.59 Å². The lowest BCUT2D eigenvalue weighted by Crippen LogP contribution is -2.56. The second-order valence-electron chi connectivity index (χ2n) is 6.07. The second-order valence-corrected chi connectivity index (χ2v) is 6.07. The van der Waals surface area contributed by atoms with E-state index < -0.39 is 11.5 Å². The lowest BCUT2D eigenvalue weighted by atomic mass is 9.77. The summed E-state index contributed by atoms with van der Waals surface area (Å²) in [6.45, 7) is 2.70. The van der Waals surface area contributed by atoms with Gasteiger partial charge in [0.1, 0.15) is 5.75 Å². The van der Waals surface area contributed by atoms with E-state index >= 15 is 0 Å². The van der Waals surface area contributed by atoms with Crippen molar-refractivity contribution in [2.24, 2.45) is 5.92 Å². The van der Waals surface area contributed by atoms with Gasteiger partial charge in [0.25, 0.3) is 11.8 Å². The maximum absolute atomic E-state index is 12.5. The largest absolute Gasteiger partial charge is 0.477 e. The van der Waals surface area contributed by atoms with Crippen LogP contribution in [0.25, 0.3) is 0 Å². The summed E-state index contributed by atoms with van der Waals surface area (Å²) in [7, 11) is 0. The van der Waals surface area contributed by atoms with Gasteiger partial charge in [-0.2, -0.15) is 0 Å². The average Bonchev–Trinajstić information content (AvgIpc) is 2.70. The standard InChI is InChI=1S/C16H20N2O4/c1-10-8-12-9-11(14(19)18-21)4-5-13(12)22-16(10)6-2-3-7-17-15(16)20/h4-5,9-10,21H,2-3,6-8H2,1H3,(H,17,20)(H,18,19). The molecule has 6 nitrogen and oxygen atoms in total. The van der Waals surface area contributed by atoms with E-state index in [1.165, 1.54) is 0 Å². The molecule has 0 radical (unpaired) electrons. The first-order valence-corrected chi connectivity index (χ1v) is 7.61. The SMILES string of the molecule is CC1Cc2cc(C(=O)NO)ccc2OC12CCCCNC2=O. The van der Waals surface area contributed by atoms with Gasteiger partial charge in [-0.05, 0) is 49.4 Å². The van der Waals surface area contributed by atoms with Crippen LogP contribution in [0.3, 0.4) is 0 Å². The molecule has 1 aromatic carbocycles. The number of carbonyl (C=O) groups excluding carboxylic acids is 2. The number of hydrogen-bond donors (Lipinski definition) is 3. The highest BCUT2D eigenvalue weighted by atomic mass is 16.5. The number of carbonyl (C=O) groups is 2. The maximum Gasteiger partial charge on any atom is 0.274 e. The Balaban J connectivity index is 1.95. The van der Waals surface area contributed by atoms with Crippen LogP contribution in [0.4, 0.5) is 0 Å². The molecule has 6 heteroatoms. The van der Waals surface area contributed by atoms with Crippen molar-refractivity contribution < 1.29 is 19.5 Å². The summed E-state index contributed by atoms with van der Waals surface area (Å²) >= 11 is 0. The van der Waals surface area contributed by atoms with Gasteiger partial charge in [-0.15, -0.1) is 0 Å². The van der Waals surface area contributed by atoms with E-state index in [2.05, 4.69) is 5.32 Å². The number of hydroxylamine groups is 1. The summed E-state index contributed by atoms with van der Waals surface area (Å²) in [5.41, 5.74) is 2.07. The van der Waals surface area contributed by atoms with Crippen molar-refractivity contribution in [2.45, 2.75) is 38.2 Å². The lowest BCUT2D eigenvalue weighted by molar-refractivity contribution is -0.142. The Bertz CT molecular complexity index is 616. The van der Waals surface area contributed by atoms with E-state index in [0.717, 1.165) is 18.4 Å². The molecule has 2 unspecified atom stereocenters. The molecule has 0 saturated carbocycles. The van der Waals surface area contributed by atoms with Crippen molar-refractivity contribution in [3.8, 4) is 5.75 Å². The van der Waals surface area contributed by atoms with E-state index in [-0.39, 0.29) is 11.8 Å². The fourth-order valence-electron chi connectivity index (χ4n) is 3.38. The Hall–Kier alpha value is -2.08. The molecule has 2 aliphatic heterocycles. The highest BCUT2D eigenvalue weighted by Gasteiger charge is 2.49. The quantitative estimate of drug-likeness (QED) is 0.541. The van der Waals surface area contributed by atoms with Gasteiger partial charge in [0.2, 0.25) is 0 Å². The van der Waals surface area contributed by atoms with Gasteiger partial charge >= 0.3 is 0 Å². The Labute approximate surface area is 128 Å². The van der Waals surface area contributed by atoms with Crippen LogP contribution in [-0.2, 0) is 11.2 Å². The third-order valence-electron chi connectivity index (χ3n) is 4.68. The topological polar surface area (TPSA) is 87.7 Å². The summed E-state index contributed by atoms with van der Waals surface area (Å²) < 4.78 is 6.13. The van der Waals surface area contributed by atoms with Crippen LogP contribution in [0.5, 0.6) is 5.75 Å². The average molecular weight is 304 g/mol. The van der Waals surface area contributed by atoms with Crippen LogP contribution < -0.4 is 15.5 Å². The number of nitrogens with one attached hydrogen (secondary N) is 2. The van der Waals surface area contributed by atoms with Crippen molar-refractivity contribution in [1.29, 1.82) is 0 Å². The molecule has 118 valence electrons. The van der Waals surface area contributed by atoms with Gasteiger partial charge in [0.05, 0.1) is 0 Å². The summed E-state index contributed by atoms with van der Waals surface area (Å²) in [5.74, 6) is 0.0680. The summed E-state index contributed by atoms with van der Waals surface area (Å²) in [6.07, 6.45) is 3.28. The van der Waals surface area contributed by atoms with Gasteiger partial charge in [0, 0.05) is 18.0 Å². The fourth-order valence-corrected chi connectivity index (χ4v) is 3.38. The van der Waals surface area contributed by atoms with Crippen LogP contribution in [0.1, 0.15) is 42.1 Å². The van der Waals surface area contributed by atoms with Crippen LogP contribution in [0, 0.1) is 5.92 Å². The molecular formula is C16H20N2O4. The van der Waals surface area contributed by atoms with Gasteiger partial charge in [-0.3, -0.25) is 14.8 Å². The number of rotatable bonds is 1. The van der Waals surface area contributed by atoms with Crippen LogP contribution in [-0.4, -0.2) is 29.2 Å². The molecule has 2 aliphatic rings. The number of fused-ring (bicyclic) bond motifs is 1. The van der Waals surface area contributed by atoms with Crippen molar-refractivity contribution in [3.05, 3.63) is 29.3 Å². The van der Waals surface area contributed by atoms with Crippen LogP contribution in [0.2, 0.25) is 0 Å². The minimum Gasteiger partial charge on any atom is -0.477 e. The minimum absolute atomic E-state index is 0.0190. The molecule has 2 atom stereocenters. The van der Waals surface area contributed by atoms with Crippen LogP contribution >= 0.6 is 0 Å². The number of ether oxygens (including phenoxy) is 1. The minimum atomic E-state index is -0.815. The molecule has 0 aromatic heterocycles. The first kappa shape index (κ1) is 14.8. The van der Waals surface area contributed by atoms with E-state index in [1.54, 1.807) is 23.7 Å². The molecule has 1 spiro atoms. The Morgan fingerprint density at radius 2 is 2.27 bits per heavy atom.